The SMILES string of the molecule is CCCCCC(C)Nc1ccc2nccnc2n1. The predicted octanol–water partition coefficient (Wildman–Crippen LogP) is 3.41. The molecule has 0 aliphatic rings. The molecule has 0 aliphatic heterocycles. The van der Waals surface area contributed by atoms with Crippen molar-refractivity contribution < 1.29 is 0 Å². The van der Waals surface area contributed by atoms with Gasteiger partial charge in [-0.2, -0.15) is 0 Å². The number of anilines is 1. The Kier molecular flexibility index (Phi) is 4.45. The van der Waals surface area contributed by atoms with Gasteiger partial charge in [-0.15, -0.1) is 0 Å². The van der Waals surface area contributed by atoms with Crippen LogP contribution >= 0.6 is 0 Å². The third-order valence-electron chi connectivity index (χ3n) is 2.97. The largest absolute Gasteiger partial charge is 0.368 e. The van der Waals surface area contributed by atoms with E-state index in [9.17, 15) is 0 Å². The van der Waals surface area contributed by atoms with Crippen LogP contribution in [0.5, 0.6) is 0 Å². The van der Waals surface area contributed by atoms with Crippen molar-refractivity contribution in [1.29, 1.82) is 0 Å². The fraction of sp³-hybridized carbons (Fsp3) is 0.500. The second-order valence-electron chi connectivity index (χ2n) is 4.64. The first kappa shape index (κ1) is 12.7. The van der Waals surface area contributed by atoms with Crippen molar-refractivity contribution in [3.63, 3.8) is 0 Å². The molecule has 2 heterocycles. The summed E-state index contributed by atoms with van der Waals surface area (Å²) in [6.07, 6.45) is 8.35. The molecule has 0 saturated heterocycles. The highest BCUT2D eigenvalue weighted by Gasteiger charge is 2.04. The van der Waals surface area contributed by atoms with Gasteiger partial charge in [0.25, 0.3) is 0 Å². The van der Waals surface area contributed by atoms with Crippen LogP contribution in [-0.2, 0) is 0 Å². The Balaban J connectivity index is 1.98. The van der Waals surface area contributed by atoms with Crippen LogP contribution in [0.4, 0.5) is 5.82 Å². The van der Waals surface area contributed by atoms with Gasteiger partial charge in [0, 0.05) is 18.4 Å². The van der Waals surface area contributed by atoms with Gasteiger partial charge in [-0.3, -0.25) is 4.98 Å². The van der Waals surface area contributed by atoms with Gasteiger partial charge in [0.1, 0.15) is 11.3 Å². The normalized spacial score (nSPS) is 12.6. The van der Waals surface area contributed by atoms with Crippen molar-refractivity contribution in [2.75, 3.05) is 5.32 Å². The molecule has 2 aromatic heterocycles. The van der Waals surface area contributed by atoms with E-state index in [1.54, 1.807) is 12.4 Å². The zero-order valence-electron chi connectivity index (χ0n) is 11.1. The molecule has 0 aromatic carbocycles. The lowest BCUT2D eigenvalue weighted by atomic mass is 10.1. The first-order valence-corrected chi connectivity index (χ1v) is 6.64. The highest BCUT2D eigenvalue weighted by Crippen LogP contribution is 2.13. The number of aromatic nitrogens is 3. The van der Waals surface area contributed by atoms with Crippen molar-refractivity contribution in [2.24, 2.45) is 0 Å². The average Bonchev–Trinajstić information content (AvgIpc) is 2.39. The van der Waals surface area contributed by atoms with E-state index in [0.29, 0.717) is 11.7 Å². The molecule has 0 fully saturated rings. The summed E-state index contributed by atoms with van der Waals surface area (Å²) in [7, 11) is 0. The minimum Gasteiger partial charge on any atom is -0.368 e. The smallest absolute Gasteiger partial charge is 0.180 e. The summed E-state index contributed by atoms with van der Waals surface area (Å²) in [5.74, 6) is 0.881. The van der Waals surface area contributed by atoms with Crippen molar-refractivity contribution in [3.05, 3.63) is 24.5 Å². The van der Waals surface area contributed by atoms with Gasteiger partial charge in [0.15, 0.2) is 5.65 Å². The molecule has 4 nitrogen and oxygen atoms in total. The summed E-state index contributed by atoms with van der Waals surface area (Å²) in [5.41, 5.74) is 1.53. The maximum absolute atomic E-state index is 4.46. The quantitative estimate of drug-likeness (QED) is 0.791. The first-order chi connectivity index (χ1) is 8.79. The highest BCUT2D eigenvalue weighted by atomic mass is 15.0. The summed E-state index contributed by atoms with van der Waals surface area (Å²) >= 11 is 0. The molecule has 0 aliphatic carbocycles. The van der Waals surface area contributed by atoms with Gasteiger partial charge in [-0.05, 0) is 25.5 Å². The van der Waals surface area contributed by atoms with Crippen LogP contribution in [0.25, 0.3) is 11.2 Å². The van der Waals surface area contributed by atoms with E-state index >= 15 is 0 Å². The second-order valence-corrected chi connectivity index (χ2v) is 4.64. The summed E-state index contributed by atoms with van der Waals surface area (Å²) in [6.45, 7) is 4.42. The van der Waals surface area contributed by atoms with Crippen LogP contribution in [-0.4, -0.2) is 21.0 Å². The van der Waals surface area contributed by atoms with Crippen molar-refractivity contribution in [3.8, 4) is 0 Å². The molecule has 18 heavy (non-hydrogen) atoms. The summed E-state index contributed by atoms with van der Waals surface area (Å²) in [4.78, 5) is 12.9. The molecule has 1 atom stereocenters. The van der Waals surface area contributed by atoms with E-state index in [4.69, 9.17) is 0 Å². The maximum Gasteiger partial charge on any atom is 0.180 e. The van der Waals surface area contributed by atoms with Crippen molar-refractivity contribution in [2.45, 2.75) is 45.6 Å². The fourth-order valence-corrected chi connectivity index (χ4v) is 1.96. The van der Waals surface area contributed by atoms with E-state index in [1.165, 1.54) is 25.7 Å². The molecule has 2 rings (SSSR count). The molecule has 0 spiro atoms. The van der Waals surface area contributed by atoms with Gasteiger partial charge < -0.3 is 5.32 Å². The molecule has 0 bridgehead atoms. The molecule has 4 heteroatoms. The number of nitrogens with one attached hydrogen (secondary N) is 1. The third kappa shape index (κ3) is 3.39. The van der Waals surface area contributed by atoms with Gasteiger partial charge >= 0.3 is 0 Å². The van der Waals surface area contributed by atoms with E-state index in [2.05, 4.69) is 34.1 Å². The van der Waals surface area contributed by atoms with Gasteiger partial charge in [0.2, 0.25) is 0 Å². The van der Waals surface area contributed by atoms with Gasteiger partial charge in [-0.25, -0.2) is 9.97 Å². The summed E-state index contributed by atoms with van der Waals surface area (Å²) in [5, 5.41) is 3.41. The Hall–Kier alpha value is -1.71. The molecule has 2 aromatic rings. The fourth-order valence-electron chi connectivity index (χ4n) is 1.96. The molecular formula is C14H20N4. The number of nitrogens with zero attached hydrogens (tertiary/aromatic N) is 3. The summed E-state index contributed by atoms with van der Waals surface area (Å²) in [6, 6.07) is 4.36. The van der Waals surface area contributed by atoms with Crippen LogP contribution in [0.3, 0.4) is 0 Å². The van der Waals surface area contributed by atoms with Crippen LogP contribution in [0, 0.1) is 0 Å². The zero-order valence-corrected chi connectivity index (χ0v) is 11.1. The van der Waals surface area contributed by atoms with E-state index in [1.807, 2.05) is 12.1 Å². The van der Waals surface area contributed by atoms with Gasteiger partial charge in [-0.1, -0.05) is 26.2 Å². The Morgan fingerprint density at radius 1 is 1.17 bits per heavy atom. The minimum absolute atomic E-state index is 0.443. The third-order valence-corrected chi connectivity index (χ3v) is 2.97. The lowest BCUT2D eigenvalue weighted by Gasteiger charge is -2.14. The molecule has 0 saturated carbocycles. The number of unbranched alkanes of at least 4 members (excludes halogenated alkanes) is 2. The molecule has 0 amide bonds. The van der Waals surface area contributed by atoms with Crippen LogP contribution < -0.4 is 5.32 Å². The number of hydrogen-bond acceptors (Lipinski definition) is 4. The standard InChI is InChI=1S/C14H20N4/c1-3-4-5-6-11(2)17-13-8-7-12-14(18-13)16-10-9-15-12/h7-11H,3-6H2,1-2H3,(H,16,17,18). The monoisotopic (exact) mass is 244 g/mol. The number of hydrogen-bond donors (Lipinski definition) is 1. The number of rotatable bonds is 6. The average molecular weight is 244 g/mol. The lowest BCUT2D eigenvalue weighted by Crippen LogP contribution is -2.15. The Morgan fingerprint density at radius 3 is 2.83 bits per heavy atom. The molecule has 0 radical (unpaired) electrons. The molecule has 1 N–H and O–H groups in total. The van der Waals surface area contributed by atoms with Crippen molar-refractivity contribution >= 4 is 17.0 Å². The molecule has 96 valence electrons. The van der Waals surface area contributed by atoms with E-state index in [-0.39, 0.29) is 0 Å². The number of fused-ring (bicyclic) bond motifs is 1. The topological polar surface area (TPSA) is 50.7 Å². The Labute approximate surface area is 108 Å². The summed E-state index contributed by atoms with van der Waals surface area (Å²) < 4.78 is 0. The predicted molar refractivity (Wildman–Crippen MR) is 74.6 cm³/mol. The zero-order chi connectivity index (χ0) is 12.8. The Bertz CT molecular complexity index is 498. The van der Waals surface area contributed by atoms with Crippen LogP contribution in [0.15, 0.2) is 24.5 Å². The van der Waals surface area contributed by atoms with E-state index in [0.717, 1.165) is 11.3 Å². The molecule has 1 unspecified atom stereocenters. The highest BCUT2D eigenvalue weighted by molar-refractivity contribution is 5.71. The first-order valence-electron chi connectivity index (χ1n) is 6.64. The maximum atomic E-state index is 4.46. The lowest BCUT2D eigenvalue weighted by molar-refractivity contribution is 0.614. The van der Waals surface area contributed by atoms with Gasteiger partial charge in [0.05, 0.1) is 0 Å². The van der Waals surface area contributed by atoms with Crippen molar-refractivity contribution in [1.82, 2.24) is 15.0 Å². The second kappa shape index (κ2) is 6.28. The van der Waals surface area contributed by atoms with Crippen LogP contribution in [0.1, 0.15) is 39.5 Å². The number of pyridine rings is 1. The van der Waals surface area contributed by atoms with Crippen LogP contribution in [0.2, 0.25) is 0 Å². The minimum atomic E-state index is 0.443. The van der Waals surface area contributed by atoms with E-state index < -0.39 is 0 Å². The Morgan fingerprint density at radius 2 is 2.00 bits per heavy atom. The molecular weight excluding hydrogens is 224 g/mol.